The largest absolute Gasteiger partial charge is 0.342 e. The van der Waals surface area contributed by atoms with Crippen molar-refractivity contribution < 1.29 is 4.52 Å². The van der Waals surface area contributed by atoms with Crippen molar-refractivity contribution in [2.24, 2.45) is 0 Å². The number of para-hydroxylation sites is 2. The van der Waals surface area contributed by atoms with E-state index in [9.17, 15) is 0 Å². The molecule has 3 aromatic rings. The predicted octanol–water partition coefficient (Wildman–Crippen LogP) is 3.67. The number of nitrogens with zero attached hydrogens (tertiary/aromatic N) is 4. The summed E-state index contributed by atoms with van der Waals surface area (Å²) < 4.78 is 5.39. The summed E-state index contributed by atoms with van der Waals surface area (Å²) in [6.07, 6.45) is 5.39. The average Bonchev–Trinajstić information content (AvgIpc) is 3.27. The van der Waals surface area contributed by atoms with Gasteiger partial charge in [-0.3, -0.25) is 4.90 Å². The summed E-state index contributed by atoms with van der Waals surface area (Å²) in [5.41, 5.74) is 2.19. The molecule has 4 rings (SSSR count). The van der Waals surface area contributed by atoms with Crippen LogP contribution in [0, 0.1) is 0 Å². The lowest BCUT2D eigenvalue weighted by Gasteiger charge is -2.29. The fraction of sp³-hybridized carbons (Fsp3) is 0.526. The van der Waals surface area contributed by atoms with Crippen molar-refractivity contribution in [1.29, 1.82) is 0 Å². The first-order valence-corrected chi connectivity index (χ1v) is 9.30. The van der Waals surface area contributed by atoms with E-state index in [2.05, 4.69) is 39.1 Å². The lowest BCUT2D eigenvalue weighted by molar-refractivity contribution is 0.179. The molecule has 0 atom stereocenters. The molecule has 3 heterocycles. The molecule has 1 N–H and O–H groups in total. The third kappa shape index (κ3) is 3.74. The molecule has 0 amide bonds. The normalized spacial score (nSPS) is 16.7. The third-order valence-electron chi connectivity index (χ3n) is 5.00. The van der Waals surface area contributed by atoms with Crippen LogP contribution in [0.1, 0.15) is 56.1 Å². The van der Waals surface area contributed by atoms with Gasteiger partial charge >= 0.3 is 0 Å². The maximum absolute atomic E-state index is 5.39. The highest BCUT2D eigenvalue weighted by atomic mass is 16.5. The second kappa shape index (κ2) is 7.35. The zero-order valence-corrected chi connectivity index (χ0v) is 14.7. The summed E-state index contributed by atoms with van der Waals surface area (Å²) in [6, 6.07) is 8.24. The fourth-order valence-corrected chi connectivity index (χ4v) is 3.51. The van der Waals surface area contributed by atoms with Gasteiger partial charge in [0.15, 0.2) is 5.82 Å². The number of fused-ring (bicyclic) bond motifs is 1. The number of piperidine rings is 1. The maximum atomic E-state index is 5.39. The number of nitrogens with one attached hydrogen (secondary N) is 1. The van der Waals surface area contributed by atoms with Crippen molar-refractivity contribution in [2.75, 3.05) is 13.1 Å². The Labute approximate surface area is 147 Å². The number of likely N-dealkylation sites (tertiary alicyclic amines) is 1. The van der Waals surface area contributed by atoms with Gasteiger partial charge in [0.25, 0.3) is 0 Å². The number of benzene rings is 1. The lowest BCUT2D eigenvalue weighted by Crippen LogP contribution is -2.32. The predicted molar refractivity (Wildman–Crippen MR) is 96.3 cm³/mol. The number of aromatic amines is 1. The van der Waals surface area contributed by atoms with Crippen molar-refractivity contribution in [3.8, 4) is 0 Å². The first-order chi connectivity index (χ1) is 12.3. The van der Waals surface area contributed by atoms with Crippen molar-refractivity contribution in [1.82, 2.24) is 25.0 Å². The summed E-state index contributed by atoms with van der Waals surface area (Å²) in [7, 11) is 0. The monoisotopic (exact) mass is 339 g/mol. The number of unbranched alkanes of at least 4 members (excludes halogenated alkanes) is 1. The Balaban J connectivity index is 1.32. The molecule has 132 valence electrons. The van der Waals surface area contributed by atoms with E-state index in [-0.39, 0.29) is 0 Å². The van der Waals surface area contributed by atoms with Crippen molar-refractivity contribution in [2.45, 2.75) is 51.5 Å². The Kier molecular flexibility index (Phi) is 4.78. The van der Waals surface area contributed by atoms with E-state index in [4.69, 9.17) is 9.51 Å². The van der Waals surface area contributed by atoms with Gasteiger partial charge in [-0.05, 0) is 44.5 Å². The molecular formula is C19H25N5O. The zero-order valence-electron chi connectivity index (χ0n) is 14.7. The summed E-state index contributed by atoms with van der Waals surface area (Å²) >= 11 is 0. The number of hydrogen-bond acceptors (Lipinski definition) is 5. The fourth-order valence-electron chi connectivity index (χ4n) is 3.51. The molecule has 2 aromatic heterocycles. The molecule has 1 aromatic carbocycles. The van der Waals surface area contributed by atoms with Gasteiger partial charge in [-0.1, -0.05) is 30.6 Å². The summed E-state index contributed by atoms with van der Waals surface area (Å²) in [5.74, 6) is 3.22. The molecule has 0 bridgehead atoms. The SMILES string of the molecule is CCCCc1noc(CN2CCC(c3nc4ccccc4[nH]3)CC2)n1. The van der Waals surface area contributed by atoms with Crippen LogP contribution < -0.4 is 0 Å². The molecule has 0 spiro atoms. The molecule has 0 saturated carbocycles. The number of aryl methyl sites for hydroxylation is 1. The highest BCUT2D eigenvalue weighted by molar-refractivity contribution is 5.74. The number of hydrogen-bond donors (Lipinski definition) is 1. The summed E-state index contributed by atoms with van der Waals surface area (Å²) in [5, 5.41) is 4.08. The van der Waals surface area contributed by atoms with Gasteiger partial charge in [-0.15, -0.1) is 0 Å². The van der Waals surface area contributed by atoms with Crippen molar-refractivity contribution in [3.05, 3.63) is 41.8 Å². The van der Waals surface area contributed by atoms with Crippen LogP contribution in [-0.4, -0.2) is 38.1 Å². The van der Waals surface area contributed by atoms with Gasteiger partial charge in [-0.2, -0.15) is 4.98 Å². The van der Waals surface area contributed by atoms with Crippen molar-refractivity contribution >= 4 is 11.0 Å². The number of aromatic nitrogens is 4. The second-order valence-corrected chi connectivity index (χ2v) is 6.90. The summed E-state index contributed by atoms with van der Waals surface area (Å²) in [4.78, 5) is 15.2. The van der Waals surface area contributed by atoms with Gasteiger partial charge < -0.3 is 9.51 Å². The molecular weight excluding hydrogens is 314 g/mol. The van der Waals surface area contributed by atoms with Crippen molar-refractivity contribution in [3.63, 3.8) is 0 Å². The Morgan fingerprint density at radius 3 is 2.84 bits per heavy atom. The van der Waals surface area contributed by atoms with E-state index in [1.807, 2.05) is 12.1 Å². The maximum Gasteiger partial charge on any atom is 0.240 e. The van der Waals surface area contributed by atoms with Gasteiger partial charge in [0, 0.05) is 12.3 Å². The van der Waals surface area contributed by atoms with Crippen LogP contribution >= 0.6 is 0 Å². The first-order valence-electron chi connectivity index (χ1n) is 9.30. The van der Waals surface area contributed by atoms with E-state index < -0.39 is 0 Å². The molecule has 1 aliphatic heterocycles. The Morgan fingerprint density at radius 1 is 1.20 bits per heavy atom. The minimum atomic E-state index is 0.506. The highest BCUT2D eigenvalue weighted by Crippen LogP contribution is 2.28. The Bertz CT molecular complexity index is 783. The topological polar surface area (TPSA) is 70.8 Å². The number of imidazole rings is 1. The van der Waals surface area contributed by atoms with E-state index in [1.165, 1.54) is 0 Å². The van der Waals surface area contributed by atoms with E-state index in [1.54, 1.807) is 0 Å². The minimum Gasteiger partial charge on any atom is -0.342 e. The van der Waals surface area contributed by atoms with Gasteiger partial charge in [-0.25, -0.2) is 4.98 Å². The van der Waals surface area contributed by atoms with Gasteiger partial charge in [0.1, 0.15) is 5.82 Å². The average molecular weight is 339 g/mol. The van der Waals surface area contributed by atoms with E-state index >= 15 is 0 Å². The zero-order chi connectivity index (χ0) is 17.1. The number of H-pyrrole nitrogens is 1. The van der Waals surface area contributed by atoms with Crippen LogP contribution in [0.4, 0.5) is 0 Å². The van der Waals surface area contributed by atoms with Crippen LogP contribution in [-0.2, 0) is 13.0 Å². The van der Waals surface area contributed by atoms with Gasteiger partial charge in [0.05, 0.1) is 17.6 Å². The first kappa shape index (κ1) is 16.3. The lowest BCUT2D eigenvalue weighted by atomic mass is 9.96. The molecule has 1 aliphatic rings. The van der Waals surface area contributed by atoms with E-state index in [0.717, 1.165) is 80.3 Å². The van der Waals surface area contributed by atoms with E-state index in [0.29, 0.717) is 5.92 Å². The molecule has 1 fully saturated rings. The van der Waals surface area contributed by atoms with Crippen LogP contribution in [0.3, 0.4) is 0 Å². The van der Waals surface area contributed by atoms with Crippen LogP contribution in [0.5, 0.6) is 0 Å². The number of rotatable bonds is 6. The molecule has 0 unspecified atom stereocenters. The second-order valence-electron chi connectivity index (χ2n) is 6.90. The van der Waals surface area contributed by atoms with Crippen LogP contribution in [0.2, 0.25) is 0 Å². The third-order valence-corrected chi connectivity index (χ3v) is 5.00. The Hall–Kier alpha value is -2.21. The highest BCUT2D eigenvalue weighted by Gasteiger charge is 2.24. The molecule has 1 saturated heterocycles. The summed E-state index contributed by atoms with van der Waals surface area (Å²) in [6.45, 7) is 5.00. The van der Waals surface area contributed by atoms with Crippen LogP contribution in [0.25, 0.3) is 11.0 Å². The molecule has 25 heavy (non-hydrogen) atoms. The standard InChI is InChI=1S/C19H25N5O/c1-2-3-8-17-22-18(25-23-17)13-24-11-9-14(10-12-24)19-20-15-6-4-5-7-16(15)21-19/h4-7,14H,2-3,8-13H2,1H3,(H,20,21). The molecule has 6 heteroatoms. The Morgan fingerprint density at radius 2 is 2.04 bits per heavy atom. The quantitative estimate of drug-likeness (QED) is 0.742. The molecule has 6 nitrogen and oxygen atoms in total. The minimum absolute atomic E-state index is 0.506. The van der Waals surface area contributed by atoms with Gasteiger partial charge in [0.2, 0.25) is 5.89 Å². The smallest absolute Gasteiger partial charge is 0.240 e. The van der Waals surface area contributed by atoms with Crippen LogP contribution in [0.15, 0.2) is 28.8 Å². The molecule has 0 radical (unpaired) electrons. The molecule has 0 aliphatic carbocycles.